The topological polar surface area (TPSA) is 62.3 Å². The zero-order chi connectivity index (χ0) is 19.6. The maximum absolute atomic E-state index is 12.8. The molecule has 0 aliphatic rings. The lowest BCUT2D eigenvalue weighted by atomic mass is 10.1. The minimum absolute atomic E-state index is 0.0256. The number of hydrogen-bond donors (Lipinski definition) is 1. The monoisotopic (exact) mass is 361 g/mol. The van der Waals surface area contributed by atoms with Crippen LogP contribution in [0.1, 0.15) is 27.0 Å². The van der Waals surface area contributed by atoms with Crippen molar-refractivity contribution in [3.8, 4) is 0 Å². The molecule has 5 nitrogen and oxygen atoms in total. The number of aromatic nitrogens is 1. The van der Waals surface area contributed by atoms with E-state index in [9.17, 15) is 9.59 Å². The van der Waals surface area contributed by atoms with Gasteiger partial charge in [0.25, 0.3) is 5.91 Å². The Labute approximate surface area is 159 Å². The maximum Gasteiger partial charge on any atom is 0.254 e. The molecule has 0 aliphatic carbocycles. The summed E-state index contributed by atoms with van der Waals surface area (Å²) in [5, 5.41) is 3.72. The number of amides is 2. The molecule has 2 amide bonds. The van der Waals surface area contributed by atoms with Crippen molar-refractivity contribution in [3.63, 3.8) is 0 Å². The number of hydrogen-bond acceptors (Lipinski definition) is 3. The average Bonchev–Trinajstić information content (AvgIpc) is 2.63. The second-order valence-electron chi connectivity index (χ2n) is 6.86. The standard InChI is InChI=1S/C22H23N3O2/c1-14-11-15(2)21(16(3)12-14)24-20(26)13-25(4)22(27)18-9-10-23-19-8-6-5-7-17(18)19/h5-12H,13H2,1-4H3,(H,24,26). The number of nitrogens with one attached hydrogen (secondary N) is 1. The average molecular weight is 361 g/mol. The number of pyridine rings is 1. The summed E-state index contributed by atoms with van der Waals surface area (Å²) in [6, 6.07) is 13.2. The molecule has 5 heteroatoms. The predicted octanol–water partition coefficient (Wildman–Crippen LogP) is 3.87. The molecule has 0 radical (unpaired) electrons. The number of fused-ring (bicyclic) bond motifs is 1. The minimum Gasteiger partial charge on any atom is -0.332 e. The first-order valence-corrected chi connectivity index (χ1v) is 8.83. The number of likely N-dealkylation sites (N-methyl/N-ethyl adjacent to an activating group) is 1. The van der Waals surface area contributed by atoms with Gasteiger partial charge < -0.3 is 10.2 Å². The van der Waals surface area contributed by atoms with E-state index in [0.29, 0.717) is 5.56 Å². The molecule has 0 atom stereocenters. The normalized spacial score (nSPS) is 10.7. The van der Waals surface area contributed by atoms with Crippen LogP contribution in [0.15, 0.2) is 48.7 Å². The van der Waals surface area contributed by atoms with Gasteiger partial charge in [0.15, 0.2) is 0 Å². The van der Waals surface area contributed by atoms with Gasteiger partial charge in [-0.1, -0.05) is 35.9 Å². The van der Waals surface area contributed by atoms with Crippen LogP contribution in [-0.2, 0) is 4.79 Å². The Kier molecular flexibility index (Phi) is 5.21. The molecule has 0 saturated carbocycles. The Bertz CT molecular complexity index is 999. The highest BCUT2D eigenvalue weighted by Gasteiger charge is 2.18. The molecule has 0 saturated heterocycles. The molecule has 1 N–H and O–H groups in total. The fourth-order valence-corrected chi connectivity index (χ4v) is 3.33. The van der Waals surface area contributed by atoms with Gasteiger partial charge >= 0.3 is 0 Å². The van der Waals surface area contributed by atoms with Gasteiger partial charge in [0, 0.05) is 24.3 Å². The molecule has 1 aromatic heterocycles. The van der Waals surface area contributed by atoms with E-state index in [1.165, 1.54) is 4.90 Å². The van der Waals surface area contributed by atoms with Crippen molar-refractivity contribution >= 4 is 28.4 Å². The molecule has 0 unspecified atom stereocenters. The molecule has 0 bridgehead atoms. The van der Waals surface area contributed by atoms with Crippen LogP contribution in [0.25, 0.3) is 10.9 Å². The molecule has 138 valence electrons. The van der Waals surface area contributed by atoms with Crippen LogP contribution < -0.4 is 5.32 Å². The third kappa shape index (κ3) is 3.97. The van der Waals surface area contributed by atoms with Crippen LogP contribution in [0.4, 0.5) is 5.69 Å². The molecule has 0 spiro atoms. The van der Waals surface area contributed by atoms with Crippen molar-refractivity contribution < 1.29 is 9.59 Å². The fraction of sp³-hybridized carbons (Fsp3) is 0.227. The molecule has 3 aromatic rings. The third-order valence-electron chi connectivity index (χ3n) is 4.55. The number of carbonyl (C=O) groups is 2. The van der Waals surface area contributed by atoms with Crippen molar-refractivity contribution in [2.75, 3.05) is 18.9 Å². The maximum atomic E-state index is 12.8. The molecule has 0 fully saturated rings. The molecule has 1 heterocycles. The van der Waals surface area contributed by atoms with Gasteiger partial charge in [-0.2, -0.15) is 0 Å². The first-order valence-electron chi connectivity index (χ1n) is 8.83. The summed E-state index contributed by atoms with van der Waals surface area (Å²) in [6.07, 6.45) is 1.61. The fourth-order valence-electron chi connectivity index (χ4n) is 3.33. The lowest BCUT2D eigenvalue weighted by Gasteiger charge is -2.19. The Morgan fingerprint density at radius 1 is 1.04 bits per heavy atom. The summed E-state index contributed by atoms with van der Waals surface area (Å²) in [6.45, 7) is 5.93. The number of anilines is 1. The van der Waals surface area contributed by atoms with Crippen molar-refractivity contribution in [2.45, 2.75) is 20.8 Å². The highest BCUT2D eigenvalue weighted by molar-refractivity contribution is 6.07. The van der Waals surface area contributed by atoms with Gasteiger partial charge in [0.05, 0.1) is 17.6 Å². The van der Waals surface area contributed by atoms with Crippen LogP contribution in [0, 0.1) is 20.8 Å². The molecule has 3 rings (SSSR count). The molecule has 2 aromatic carbocycles. The van der Waals surface area contributed by atoms with Crippen LogP contribution in [-0.4, -0.2) is 35.3 Å². The predicted molar refractivity (Wildman–Crippen MR) is 108 cm³/mol. The van der Waals surface area contributed by atoms with Crippen molar-refractivity contribution in [1.82, 2.24) is 9.88 Å². The van der Waals surface area contributed by atoms with Crippen LogP contribution in [0.5, 0.6) is 0 Å². The lowest BCUT2D eigenvalue weighted by molar-refractivity contribution is -0.116. The van der Waals surface area contributed by atoms with Gasteiger partial charge in [-0.3, -0.25) is 14.6 Å². The van der Waals surface area contributed by atoms with E-state index in [1.807, 2.05) is 57.2 Å². The molecule has 0 aliphatic heterocycles. The number of aryl methyl sites for hydroxylation is 3. The highest BCUT2D eigenvalue weighted by Crippen LogP contribution is 2.22. The first-order chi connectivity index (χ1) is 12.9. The first kappa shape index (κ1) is 18.6. The van der Waals surface area contributed by atoms with E-state index in [0.717, 1.165) is 33.3 Å². The zero-order valence-corrected chi connectivity index (χ0v) is 16.0. The lowest BCUT2D eigenvalue weighted by Crippen LogP contribution is -2.35. The molecular formula is C22H23N3O2. The van der Waals surface area contributed by atoms with Gasteiger partial charge in [0.1, 0.15) is 0 Å². The van der Waals surface area contributed by atoms with E-state index in [-0.39, 0.29) is 18.4 Å². The quantitative estimate of drug-likeness (QED) is 0.767. The largest absolute Gasteiger partial charge is 0.332 e. The van der Waals surface area contributed by atoms with Crippen LogP contribution in [0.3, 0.4) is 0 Å². The highest BCUT2D eigenvalue weighted by atomic mass is 16.2. The summed E-state index contributed by atoms with van der Waals surface area (Å²) >= 11 is 0. The van der Waals surface area contributed by atoms with Crippen molar-refractivity contribution in [2.24, 2.45) is 0 Å². The third-order valence-corrected chi connectivity index (χ3v) is 4.55. The Morgan fingerprint density at radius 3 is 2.41 bits per heavy atom. The summed E-state index contributed by atoms with van der Waals surface area (Å²) in [7, 11) is 1.63. The van der Waals surface area contributed by atoms with Gasteiger partial charge in [-0.25, -0.2) is 0 Å². The number of benzene rings is 2. The van der Waals surface area contributed by atoms with E-state index in [4.69, 9.17) is 0 Å². The summed E-state index contributed by atoms with van der Waals surface area (Å²) < 4.78 is 0. The Morgan fingerprint density at radius 2 is 1.70 bits per heavy atom. The molecular weight excluding hydrogens is 338 g/mol. The number of rotatable bonds is 4. The van der Waals surface area contributed by atoms with Gasteiger partial charge in [0.2, 0.25) is 5.91 Å². The second kappa shape index (κ2) is 7.58. The number of carbonyl (C=O) groups excluding carboxylic acids is 2. The van der Waals surface area contributed by atoms with E-state index in [1.54, 1.807) is 19.3 Å². The van der Waals surface area contributed by atoms with Gasteiger partial charge in [-0.15, -0.1) is 0 Å². The van der Waals surface area contributed by atoms with E-state index in [2.05, 4.69) is 10.3 Å². The summed E-state index contributed by atoms with van der Waals surface area (Å²) in [4.78, 5) is 31.0. The zero-order valence-electron chi connectivity index (χ0n) is 16.0. The summed E-state index contributed by atoms with van der Waals surface area (Å²) in [5.41, 5.74) is 5.27. The Balaban J connectivity index is 1.76. The summed E-state index contributed by atoms with van der Waals surface area (Å²) in [5.74, 6) is -0.430. The van der Waals surface area contributed by atoms with Crippen molar-refractivity contribution in [1.29, 1.82) is 0 Å². The van der Waals surface area contributed by atoms with Crippen LogP contribution in [0.2, 0.25) is 0 Å². The smallest absolute Gasteiger partial charge is 0.254 e. The van der Waals surface area contributed by atoms with E-state index < -0.39 is 0 Å². The minimum atomic E-state index is -0.223. The molecule has 27 heavy (non-hydrogen) atoms. The van der Waals surface area contributed by atoms with E-state index >= 15 is 0 Å². The number of nitrogens with zero attached hydrogens (tertiary/aromatic N) is 2. The SMILES string of the molecule is Cc1cc(C)c(NC(=O)CN(C)C(=O)c2ccnc3ccccc23)c(C)c1. The second-order valence-corrected chi connectivity index (χ2v) is 6.86. The van der Waals surface area contributed by atoms with Crippen LogP contribution >= 0.6 is 0 Å². The number of para-hydroxylation sites is 1. The van der Waals surface area contributed by atoms with Crippen molar-refractivity contribution in [3.05, 3.63) is 70.9 Å². The van der Waals surface area contributed by atoms with Gasteiger partial charge in [-0.05, 0) is 44.0 Å². The Hall–Kier alpha value is -3.21.